The molecule has 206 valence electrons. The van der Waals surface area contributed by atoms with Crippen LogP contribution in [0.4, 0.5) is 4.79 Å². The van der Waals surface area contributed by atoms with E-state index in [1.807, 2.05) is 56.3 Å². The monoisotopic (exact) mass is 536 g/mol. The Labute approximate surface area is 236 Å². The van der Waals surface area contributed by atoms with E-state index in [9.17, 15) is 15.0 Å². The van der Waals surface area contributed by atoms with Crippen LogP contribution in [-0.2, 0) is 23.7 Å². The number of phenolic OH excluding ortho intramolecular Hbond substituents is 2. The van der Waals surface area contributed by atoms with Gasteiger partial charge in [0.1, 0.15) is 23.0 Å². The summed E-state index contributed by atoms with van der Waals surface area (Å²) in [6, 6.07) is 23.3. The average molecular weight is 537 g/mol. The lowest BCUT2D eigenvalue weighted by Crippen LogP contribution is -2.22. The van der Waals surface area contributed by atoms with Crippen LogP contribution in [0, 0.1) is 6.92 Å². The molecule has 1 heterocycles. The average Bonchev–Trinajstić information content (AvgIpc) is 2.91. The molecule has 0 saturated carbocycles. The number of hydrogen-bond acceptors (Lipinski definition) is 5. The molecule has 2 N–H and O–H groups in total. The Morgan fingerprint density at radius 1 is 0.675 bits per heavy atom. The van der Waals surface area contributed by atoms with Crippen LogP contribution in [0.15, 0.2) is 72.8 Å². The van der Waals surface area contributed by atoms with E-state index in [1.165, 1.54) is 0 Å². The zero-order valence-electron chi connectivity index (χ0n) is 24.0. The van der Waals surface area contributed by atoms with Crippen molar-refractivity contribution in [2.75, 3.05) is 0 Å². The smallest absolute Gasteiger partial charge is 0.508 e. The van der Waals surface area contributed by atoms with Gasteiger partial charge in [0.15, 0.2) is 0 Å². The molecule has 4 aromatic rings. The highest BCUT2D eigenvalue weighted by atomic mass is 16.7. The molecule has 1 aliphatic heterocycles. The third kappa shape index (κ3) is 4.92. The molecule has 40 heavy (non-hydrogen) atoms. The number of aryl methyl sites for hydroxylation is 2. The summed E-state index contributed by atoms with van der Waals surface area (Å²) in [6.45, 7) is 12.5. The SMILES string of the molecule is CCc1cc(C(C)(C)c2ccc3c(c2)Cc2cc(C(C)(C)c4ccc(O)c(C)c4)ccc2OC(=O)O3)ccc1O. The van der Waals surface area contributed by atoms with Crippen molar-refractivity contribution in [2.45, 2.75) is 65.2 Å². The van der Waals surface area contributed by atoms with Crippen LogP contribution in [0.1, 0.15) is 79.1 Å². The van der Waals surface area contributed by atoms with Gasteiger partial charge in [-0.3, -0.25) is 0 Å². The summed E-state index contributed by atoms with van der Waals surface area (Å²) in [6.07, 6.45) is 0.507. The molecule has 5 rings (SSSR count). The summed E-state index contributed by atoms with van der Waals surface area (Å²) in [5, 5.41) is 20.2. The van der Waals surface area contributed by atoms with E-state index in [-0.39, 0.29) is 16.6 Å². The third-order valence-corrected chi connectivity index (χ3v) is 8.43. The van der Waals surface area contributed by atoms with Crippen molar-refractivity contribution in [1.82, 2.24) is 0 Å². The van der Waals surface area contributed by atoms with Gasteiger partial charge in [0.05, 0.1) is 0 Å². The molecule has 1 aliphatic rings. The van der Waals surface area contributed by atoms with E-state index in [0.29, 0.717) is 23.7 Å². The highest BCUT2D eigenvalue weighted by Gasteiger charge is 2.29. The largest absolute Gasteiger partial charge is 0.519 e. The van der Waals surface area contributed by atoms with Gasteiger partial charge in [-0.05, 0) is 82.1 Å². The molecule has 0 spiro atoms. The number of aromatic hydroxyl groups is 2. The molecule has 5 heteroatoms. The van der Waals surface area contributed by atoms with Crippen molar-refractivity contribution in [2.24, 2.45) is 0 Å². The summed E-state index contributed by atoms with van der Waals surface area (Å²) in [4.78, 5) is 12.6. The van der Waals surface area contributed by atoms with Crippen LogP contribution in [0.25, 0.3) is 0 Å². The number of phenols is 2. The zero-order valence-corrected chi connectivity index (χ0v) is 24.0. The predicted octanol–water partition coefficient (Wildman–Crippen LogP) is 8.10. The van der Waals surface area contributed by atoms with Gasteiger partial charge in [-0.15, -0.1) is 0 Å². The van der Waals surface area contributed by atoms with Gasteiger partial charge in [-0.1, -0.05) is 83.1 Å². The third-order valence-electron chi connectivity index (χ3n) is 8.43. The predicted molar refractivity (Wildman–Crippen MR) is 157 cm³/mol. The minimum Gasteiger partial charge on any atom is -0.508 e. The maximum absolute atomic E-state index is 12.6. The van der Waals surface area contributed by atoms with E-state index < -0.39 is 6.16 Å². The molecule has 4 aromatic carbocycles. The van der Waals surface area contributed by atoms with E-state index in [1.54, 1.807) is 12.1 Å². The Morgan fingerprint density at radius 3 is 1.62 bits per heavy atom. The second-order valence-corrected chi connectivity index (χ2v) is 11.7. The van der Waals surface area contributed by atoms with Crippen molar-refractivity contribution in [3.63, 3.8) is 0 Å². The fraction of sp³-hybridized carbons (Fsp3) is 0.286. The Hall–Kier alpha value is -4.25. The molecule has 5 nitrogen and oxygen atoms in total. The molecular weight excluding hydrogens is 500 g/mol. The Morgan fingerprint density at radius 2 is 1.12 bits per heavy atom. The lowest BCUT2D eigenvalue weighted by atomic mass is 9.76. The number of fused-ring (bicyclic) bond motifs is 2. The molecular formula is C35H36O5. The summed E-state index contributed by atoms with van der Waals surface area (Å²) < 4.78 is 11.2. The maximum Gasteiger partial charge on any atom is 0.519 e. The summed E-state index contributed by atoms with van der Waals surface area (Å²) in [5.41, 5.74) is 7.16. The quantitative estimate of drug-likeness (QED) is 0.199. The van der Waals surface area contributed by atoms with Gasteiger partial charge in [0, 0.05) is 17.3 Å². The van der Waals surface area contributed by atoms with E-state index >= 15 is 0 Å². The van der Waals surface area contributed by atoms with Gasteiger partial charge < -0.3 is 19.7 Å². The summed E-state index contributed by atoms with van der Waals surface area (Å²) in [7, 11) is 0. The number of carbonyl (C=O) groups excluding carboxylic acids is 1. The first-order chi connectivity index (χ1) is 18.9. The fourth-order valence-electron chi connectivity index (χ4n) is 5.45. The number of rotatable bonds is 5. The molecule has 0 radical (unpaired) electrons. The van der Waals surface area contributed by atoms with Crippen molar-refractivity contribution in [1.29, 1.82) is 0 Å². The standard InChI is InChI=1S/C35H36O5/c1-7-22-18-26(9-13-30(22)37)35(5,6)28-11-15-32-24(20-28)17-23-19-27(10-14-31(23)39-33(38)40-32)34(3,4)25-8-12-29(36)21(2)16-25/h8-16,18-20,36-37H,7,17H2,1-6H3. The molecule has 0 fully saturated rings. The molecule has 0 aliphatic carbocycles. The molecule has 0 atom stereocenters. The molecule has 0 saturated heterocycles. The second-order valence-electron chi connectivity index (χ2n) is 11.7. The van der Waals surface area contributed by atoms with Crippen LogP contribution in [0.5, 0.6) is 23.0 Å². The Bertz CT molecular complexity index is 1610. The van der Waals surface area contributed by atoms with Crippen molar-refractivity contribution >= 4 is 6.16 Å². The highest BCUT2D eigenvalue weighted by molar-refractivity contribution is 5.70. The van der Waals surface area contributed by atoms with Gasteiger partial charge in [0.25, 0.3) is 0 Å². The summed E-state index contributed by atoms with van der Waals surface area (Å²) in [5.74, 6) is 1.55. The minimum absolute atomic E-state index is 0.276. The van der Waals surface area contributed by atoms with Gasteiger partial charge in [0.2, 0.25) is 0 Å². The number of benzene rings is 4. The Kier molecular flexibility index (Phi) is 6.87. The van der Waals surface area contributed by atoms with Crippen molar-refractivity contribution in [3.05, 3.63) is 117 Å². The van der Waals surface area contributed by atoms with Gasteiger partial charge in [-0.25, -0.2) is 4.79 Å². The van der Waals surface area contributed by atoms with Crippen molar-refractivity contribution in [3.8, 4) is 23.0 Å². The first kappa shape index (κ1) is 27.3. The molecule has 0 unspecified atom stereocenters. The molecule has 0 bridgehead atoms. The molecule has 0 aromatic heterocycles. The van der Waals surface area contributed by atoms with E-state index in [0.717, 1.165) is 50.9 Å². The van der Waals surface area contributed by atoms with E-state index in [4.69, 9.17) is 9.47 Å². The maximum atomic E-state index is 12.6. The van der Waals surface area contributed by atoms with Crippen LogP contribution >= 0.6 is 0 Å². The Balaban J connectivity index is 1.56. The second kappa shape index (κ2) is 10.1. The summed E-state index contributed by atoms with van der Waals surface area (Å²) >= 11 is 0. The lowest BCUT2D eigenvalue weighted by Gasteiger charge is -2.29. The lowest BCUT2D eigenvalue weighted by molar-refractivity contribution is 0.150. The highest BCUT2D eigenvalue weighted by Crippen LogP contribution is 2.40. The number of carbonyl (C=O) groups is 1. The minimum atomic E-state index is -0.762. The van der Waals surface area contributed by atoms with Gasteiger partial charge >= 0.3 is 6.16 Å². The van der Waals surface area contributed by atoms with Crippen LogP contribution < -0.4 is 9.47 Å². The first-order valence-corrected chi connectivity index (χ1v) is 13.7. The van der Waals surface area contributed by atoms with Crippen LogP contribution in [0.2, 0.25) is 0 Å². The number of ether oxygens (including phenoxy) is 2. The molecule has 0 amide bonds. The first-order valence-electron chi connectivity index (χ1n) is 13.7. The van der Waals surface area contributed by atoms with Crippen molar-refractivity contribution < 1.29 is 24.5 Å². The number of hydrogen-bond donors (Lipinski definition) is 2. The topological polar surface area (TPSA) is 76.0 Å². The van der Waals surface area contributed by atoms with E-state index in [2.05, 4.69) is 45.9 Å². The normalized spacial score (nSPS) is 13.4. The van der Waals surface area contributed by atoms with Crippen LogP contribution in [-0.4, -0.2) is 16.4 Å². The van der Waals surface area contributed by atoms with Crippen LogP contribution in [0.3, 0.4) is 0 Å². The zero-order chi connectivity index (χ0) is 28.8. The fourth-order valence-corrected chi connectivity index (χ4v) is 5.45. The van der Waals surface area contributed by atoms with Gasteiger partial charge in [-0.2, -0.15) is 0 Å².